The third-order valence-corrected chi connectivity index (χ3v) is 5.68. The Hall–Kier alpha value is -2.04. The topological polar surface area (TPSA) is 68.3 Å². The van der Waals surface area contributed by atoms with E-state index in [9.17, 15) is 18.3 Å². The van der Waals surface area contributed by atoms with E-state index in [1.807, 2.05) is 9.80 Å². The fourth-order valence-electron chi connectivity index (χ4n) is 3.30. The molecule has 154 valence electrons. The molecule has 1 aliphatic rings. The number of alkyl halides is 3. The van der Waals surface area contributed by atoms with E-state index in [2.05, 4.69) is 30.9 Å². The van der Waals surface area contributed by atoms with Gasteiger partial charge in [-0.2, -0.15) is 13.2 Å². The average Bonchev–Trinajstić information content (AvgIpc) is 3.12. The Labute approximate surface area is 177 Å². The molecule has 0 amide bonds. The summed E-state index contributed by atoms with van der Waals surface area (Å²) in [6.45, 7) is 2.32. The maximum Gasteiger partial charge on any atom is 0.416 e. The van der Waals surface area contributed by atoms with Crippen molar-refractivity contribution in [2.24, 2.45) is 0 Å². The number of anilines is 2. The van der Waals surface area contributed by atoms with Crippen molar-refractivity contribution in [1.82, 2.24) is 15.0 Å². The molecule has 1 fully saturated rings. The lowest BCUT2D eigenvalue weighted by Crippen LogP contribution is -2.47. The predicted molar refractivity (Wildman–Crippen MR) is 108 cm³/mol. The van der Waals surface area contributed by atoms with Gasteiger partial charge in [-0.25, -0.2) is 9.97 Å². The molecule has 0 bridgehead atoms. The van der Waals surface area contributed by atoms with Crippen LogP contribution < -0.4 is 9.80 Å². The van der Waals surface area contributed by atoms with Gasteiger partial charge < -0.3 is 19.9 Å². The second-order valence-corrected chi connectivity index (χ2v) is 7.96. The number of rotatable bonds is 3. The molecule has 6 nitrogen and oxygen atoms in total. The highest BCUT2D eigenvalue weighted by atomic mass is 79.9. The zero-order valence-corrected chi connectivity index (χ0v) is 17.3. The first-order valence-corrected chi connectivity index (χ1v) is 9.95. The van der Waals surface area contributed by atoms with Crippen LogP contribution in [-0.2, 0) is 12.8 Å². The van der Waals surface area contributed by atoms with Crippen molar-refractivity contribution in [2.45, 2.75) is 12.8 Å². The number of nitrogens with one attached hydrogen (secondary N) is 1. The summed E-state index contributed by atoms with van der Waals surface area (Å²) >= 11 is 9.46. The summed E-state index contributed by atoms with van der Waals surface area (Å²) < 4.78 is 39.4. The van der Waals surface area contributed by atoms with E-state index >= 15 is 0 Å². The smallest absolute Gasteiger partial charge is 0.392 e. The van der Waals surface area contributed by atoms with Crippen molar-refractivity contribution in [3.05, 3.63) is 45.0 Å². The van der Waals surface area contributed by atoms with Crippen LogP contribution in [0.4, 0.5) is 24.9 Å². The number of pyridine rings is 1. The summed E-state index contributed by atoms with van der Waals surface area (Å²) in [5, 5.41) is 9.64. The molecule has 4 rings (SSSR count). The highest BCUT2D eigenvalue weighted by Gasteiger charge is 2.32. The van der Waals surface area contributed by atoms with Crippen LogP contribution in [0.15, 0.2) is 28.9 Å². The number of H-pyrrole nitrogens is 1. The van der Waals surface area contributed by atoms with Gasteiger partial charge in [-0.15, -0.1) is 0 Å². The summed E-state index contributed by atoms with van der Waals surface area (Å²) in [4.78, 5) is 15.8. The van der Waals surface area contributed by atoms with E-state index in [4.69, 9.17) is 11.6 Å². The molecule has 0 radical (unpaired) electrons. The summed E-state index contributed by atoms with van der Waals surface area (Å²) in [7, 11) is 0. The van der Waals surface area contributed by atoms with E-state index in [1.54, 1.807) is 12.3 Å². The summed E-state index contributed by atoms with van der Waals surface area (Å²) in [5.41, 5.74) is 0.695. The first kappa shape index (κ1) is 20.2. The van der Waals surface area contributed by atoms with Crippen LogP contribution in [0.2, 0.25) is 5.02 Å². The van der Waals surface area contributed by atoms with Crippen LogP contribution in [0.25, 0.3) is 11.0 Å². The molecule has 1 saturated heterocycles. The standard InChI is InChI=1S/C18H16BrClF3N5O/c19-12-6-11(18(21,22)23)7-14-15(12)26-17(25-14)28-3-1-27(2-4-28)16-13(20)5-10(9-29)8-24-16/h5-8,29H,1-4,9H2,(H,25,26). The molecule has 1 aromatic carbocycles. The minimum atomic E-state index is -4.43. The van der Waals surface area contributed by atoms with Crippen molar-refractivity contribution >= 4 is 50.3 Å². The predicted octanol–water partition coefficient (Wildman–Crippen LogP) is 4.21. The van der Waals surface area contributed by atoms with Gasteiger partial charge in [0.05, 0.1) is 22.7 Å². The summed E-state index contributed by atoms with van der Waals surface area (Å²) in [5.74, 6) is 1.17. The molecule has 0 spiro atoms. The van der Waals surface area contributed by atoms with Crippen LogP contribution in [0.3, 0.4) is 0 Å². The molecular weight excluding hydrogens is 475 g/mol. The van der Waals surface area contributed by atoms with Crippen LogP contribution in [-0.4, -0.2) is 46.2 Å². The second-order valence-electron chi connectivity index (χ2n) is 6.69. The molecule has 0 atom stereocenters. The first-order valence-electron chi connectivity index (χ1n) is 8.78. The number of benzene rings is 1. The normalized spacial score (nSPS) is 15.4. The lowest BCUT2D eigenvalue weighted by molar-refractivity contribution is -0.137. The number of aliphatic hydroxyl groups excluding tert-OH is 1. The number of imidazole rings is 1. The molecule has 2 N–H and O–H groups in total. The maximum absolute atomic E-state index is 13.0. The monoisotopic (exact) mass is 489 g/mol. The van der Waals surface area contributed by atoms with Gasteiger partial charge in [-0.1, -0.05) is 11.6 Å². The Kier molecular flexibility index (Phi) is 5.34. The number of aliphatic hydroxyl groups is 1. The van der Waals surface area contributed by atoms with Crippen LogP contribution in [0.1, 0.15) is 11.1 Å². The van der Waals surface area contributed by atoms with E-state index < -0.39 is 11.7 Å². The Morgan fingerprint density at radius 3 is 2.45 bits per heavy atom. The van der Waals surface area contributed by atoms with Gasteiger partial charge in [0.15, 0.2) is 0 Å². The van der Waals surface area contributed by atoms with Crippen molar-refractivity contribution in [1.29, 1.82) is 0 Å². The third kappa shape index (κ3) is 4.01. The van der Waals surface area contributed by atoms with Crippen molar-refractivity contribution in [3.63, 3.8) is 0 Å². The van der Waals surface area contributed by atoms with Gasteiger partial charge in [0.1, 0.15) is 11.3 Å². The molecule has 0 unspecified atom stereocenters. The van der Waals surface area contributed by atoms with E-state index in [-0.39, 0.29) is 6.61 Å². The third-order valence-electron chi connectivity index (χ3n) is 4.79. The van der Waals surface area contributed by atoms with Crippen molar-refractivity contribution < 1.29 is 18.3 Å². The molecule has 2 aromatic heterocycles. The van der Waals surface area contributed by atoms with Gasteiger partial charge in [0.25, 0.3) is 0 Å². The zero-order valence-electron chi connectivity index (χ0n) is 15.0. The molecule has 29 heavy (non-hydrogen) atoms. The largest absolute Gasteiger partial charge is 0.416 e. The number of fused-ring (bicyclic) bond motifs is 1. The van der Waals surface area contributed by atoms with Gasteiger partial charge in [-0.05, 0) is 39.7 Å². The molecule has 3 aromatic rings. The minimum Gasteiger partial charge on any atom is -0.392 e. The summed E-state index contributed by atoms with van der Waals surface area (Å²) in [6, 6.07) is 3.79. The quantitative estimate of drug-likeness (QED) is 0.576. The first-order chi connectivity index (χ1) is 13.8. The van der Waals surface area contributed by atoms with Crippen molar-refractivity contribution in [2.75, 3.05) is 36.0 Å². The van der Waals surface area contributed by atoms with E-state index in [0.29, 0.717) is 64.0 Å². The number of hydrogen-bond donors (Lipinski definition) is 2. The number of piperazine rings is 1. The number of aromatic amines is 1. The molecule has 0 saturated carbocycles. The zero-order chi connectivity index (χ0) is 20.8. The molecular formula is C18H16BrClF3N5O. The molecule has 0 aliphatic carbocycles. The summed E-state index contributed by atoms with van der Waals surface area (Å²) in [6.07, 6.45) is -2.84. The Balaban J connectivity index is 1.53. The number of halogens is 5. The minimum absolute atomic E-state index is 0.127. The molecule has 3 heterocycles. The lowest BCUT2D eigenvalue weighted by atomic mass is 10.2. The highest BCUT2D eigenvalue weighted by Crippen LogP contribution is 2.35. The van der Waals surface area contributed by atoms with Crippen LogP contribution >= 0.6 is 27.5 Å². The SMILES string of the molecule is OCc1cnc(N2CCN(c3nc4c(Br)cc(C(F)(F)F)cc4[nH]3)CC2)c(Cl)c1. The second kappa shape index (κ2) is 7.66. The fraction of sp³-hybridized carbons (Fsp3) is 0.333. The van der Waals surface area contributed by atoms with Gasteiger partial charge in [0.2, 0.25) is 5.95 Å². The fourth-order valence-corrected chi connectivity index (χ4v) is 4.15. The molecule has 1 aliphatic heterocycles. The number of aromatic nitrogens is 3. The maximum atomic E-state index is 13.0. The number of nitrogens with zero attached hydrogens (tertiary/aromatic N) is 4. The van der Waals surface area contributed by atoms with Gasteiger partial charge >= 0.3 is 6.18 Å². The Morgan fingerprint density at radius 1 is 1.14 bits per heavy atom. The van der Waals surface area contributed by atoms with Crippen molar-refractivity contribution in [3.8, 4) is 0 Å². The van der Waals surface area contributed by atoms with Crippen LogP contribution in [0.5, 0.6) is 0 Å². The van der Waals surface area contributed by atoms with Gasteiger partial charge in [-0.3, -0.25) is 0 Å². The Morgan fingerprint density at radius 2 is 1.83 bits per heavy atom. The van der Waals surface area contributed by atoms with Crippen LogP contribution in [0, 0.1) is 0 Å². The van der Waals surface area contributed by atoms with E-state index in [1.165, 1.54) is 0 Å². The number of hydrogen-bond acceptors (Lipinski definition) is 5. The Bertz CT molecular complexity index is 1050. The lowest BCUT2D eigenvalue weighted by Gasteiger charge is -2.35. The average molecular weight is 491 g/mol. The van der Waals surface area contributed by atoms with E-state index in [0.717, 1.165) is 12.1 Å². The van der Waals surface area contributed by atoms with Gasteiger partial charge in [0, 0.05) is 36.8 Å². The highest BCUT2D eigenvalue weighted by molar-refractivity contribution is 9.10. The molecule has 11 heteroatoms.